The molecular formula is C31H33NO6. The first kappa shape index (κ1) is 24.3. The number of para-hydroxylation sites is 1. The third kappa shape index (κ3) is 3.02. The number of fused-ring (bicyclic) bond motifs is 8. The highest BCUT2D eigenvalue weighted by molar-refractivity contribution is 6.01. The fraction of sp³-hybridized carbons (Fsp3) is 0.516. The molecule has 2 N–H and O–H groups in total. The molecule has 198 valence electrons. The summed E-state index contributed by atoms with van der Waals surface area (Å²) in [6.07, 6.45) is 7.65. The number of pyridine rings is 1. The molecule has 1 aliphatic heterocycles. The van der Waals surface area contributed by atoms with Gasteiger partial charge in [0.1, 0.15) is 6.61 Å². The molecule has 0 bridgehead atoms. The van der Waals surface area contributed by atoms with E-state index in [1.165, 1.54) is 0 Å². The van der Waals surface area contributed by atoms with Crippen LogP contribution in [0.2, 0.25) is 0 Å². The summed E-state index contributed by atoms with van der Waals surface area (Å²) in [4.78, 5) is 30.3. The Hall–Kier alpha value is -2.71. The maximum atomic E-state index is 13.7. The van der Waals surface area contributed by atoms with Crippen molar-refractivity contribution in [2.75, 3.05) is 6.61 Å². The van der Waals surface area contributed by atoms with Gasteiger partial charge in [0.05, 0.1) is 17.7 Å². The van der Waals surface area contributed by atoms with Gasteiger partial charge in [0, 0.05) is 33.9 Å². The highest BCUT2D eigenvalue weighted by Gasteiger charge is 2.75. The summed E-state index contributed by atoms with van der Waals surface area (Å²) >= 11 is 0. The summed E-state index contributed by atoms with van der Waals surface area (Å²) < 4.78 is 13.2. The molecule has 7 heteroatoms. The van der Waals surface area contributed by atoms with Crippen LogP contribution in [0.1, 0.15) is 51.4 Å². The van der Waals surface area contributed by atoms with E-state index in [9.17, 15) is 19.8 Å². The van der Waals surface area contributed by atoms with Gasteiger partial charge >= 0.3 is 0 Å². The number of aromatic nitrogens is 1. The van der Waals surface area contributed by atoms with Crippen LogP contribution >= 0.6 is 0 Å². The Balaban J connectivity index is 1.27. The molecule has 0 spiro atoms. The quantitative estimate of drug-likeness (QED) is 0.640. The number of allylic oxidation sites excluding steroid dienone is 4. The Morgan fingerprint density at radius 3 is 2.87 bits per heavy atom. The summed E-state index contributed by atoms with van der Waals surface area (Å²) in [6.45, 7) is 3.53. The molecule has 1 unspecified atom stereocenters. The van der Waals surface area contributed by atoms with Gasteiger partial charge < -0.3 is 19.7 Å². The Morgan fingerprint density at radius 2 is 2.05 bits per heavy atom. The molecule has 0 amide bonds. The number of hydrogen-bond donors (Lipinski definition) is 2. The predicted octanol–water partition coefficient (Wildman–Crippen LogP) is 3.84. The number of aliphatic hydroxyl groups is 2. The first-order valence-electron chi connectivity index (χ1n) is 13.7. The molecule has 7 nitrogen and oxygen atoms in total. The topological polar surface area (TPSA) is 106 Å². The Bertz CT molecular complexity index is 1420. The van der Waals surface area contributed by atoms with Crippen LogP contribution in [0.25, 0.3) is 10.9 Å². The first-order chi connectivity index (χ1) is 18.2. The van der Waals surface area contributed by atoms with Gasteiger partial charge in [-0.2, -0.15) is 0 Å². The van der Waals surface area contributed by atoms with Crippen LogP contribution < -0.4 is 0 Å². The van der Waals surface area contributed by atoms with E-state index in [1.807, 2.05) is 43.3 Å². The summed E-state index contributed by atoms with van der Waals surface area (Å²) in [5.74, 6) is -0.252. The zero-order valence-electron chi connectivity index (χ0n) is 21.7. The van der Waals surface area contributed by atoms with Gasteiger partial charge in [-0.3, -0.25) is 14.6 Å². The first-order valence-corrected chi connectivity index (χ1v) is 13.7. The van der Waals surface area contributed by atoms with E-state index in [0.717, 1.165) is 34.9 Å². The second-order valence-electron chi connectivity index (χ2n) is 12.3. The molecule has 0 radical (unpaired) electrons. The minimum atomic E-state index is -1.36. The summed E-state index contributed by atoms with van der Waals surface area (Å²) in [5.41, 5.74) is 0.207. The van der Waals surface area contributed by atoms with Crippen LogP contribution in [-0.4, -0.2) is 51.2 Å². The van der Waals surface area contributed by atoms with E-state index in [4.69, 9.17) is 9.47 Å². The zero-order chi connectivity index (χ0) is 26.4. The van der Waals surface area contributed by atoms with E-state index in [1.54, 1.807) is 18.3 Å². The van der Waals surface area contributed by atoms with Crippen molar-refractivity contribution in [3.63, 3.8) is 0 Å². The Labute approximate surface area is 221 Å². The van der Waals surface area contributed by atoms with Crippen molar-refractivity contribution in [1.29, 1.82) is 0 Å². The number of ether oxygens (including phenoxy) is 2. The monoisotopic (exact) mass is 515 g/mol. The number of hydrogen-bond acceptors (Lipinski definition) is 7. The Morgan fingerprint density at radius 1 is 1.24 bits per heavy atom. The lowest BCUT2D eigenvalue weighted by Crippen LogP contribution is -2.63. The van der Waals surface area contributed by atoms with Crippen molar-refractivity contribution in [1.82, 2.24) is 4.98 Å². The average molecular weight is 516 g/mol. The van der Waals surface area contributed by atoms with Crippen LogP contribution in [0.3, 0.4) is 0 Å². The molecule has 7 rings (SSSR count). The number of nitrogens with zero attached hydrogens (tertiary/aromatic N) is 1. The second kappa shape index (κ2) is 8.15. The zero-order valence-corrected chi connectivity index (χ0v) is 21.7. The van der Waals surface area contributed by atoms with E-state index in [-0.39, 0.29) is 29.3 Å². The minimum Gasteiger partial charge on any atom is -0.393 e. The van der Waals surface area contributed by atoms with Gasteiger partial charge in [-0.15, -0.1) is 0 Å². The third-order valence-electron chi connectivity index (χ3n) is 10.7. The summed E-state index contributed by atoms with van der Waals surface area (Å²) in [6, 6.07) is 9.78. The number of rotatable bonds is 3. The molecule has 2 aromatic rings. The molecule has 9 atom stereocenters. The van der Waals surface area contributed by atoms with Crippen molar-refractivity contribution in [3.05, 3.63) is 65.9 Å². The normalized spacial score (nSPS) is 43.3. The number of carbonyl (C=O) groups excluding carboxylic acids is 2. The molecular weight excluding hydrogens is 482 g/mol. The van der Waals surface area contributed by atoms with E-state index >= 15 is 0 Å². The number of ketones is 2. The standard InChI is InChI=1S/C31H33NO6/c1-29-10-9-20(34)12-19(29)7-8-21-22-13-26-31(25(36)16-33,30(22,2)14-24(35)27(21)29)38-28(37-26)18-11-17-5-3-4-6-23(17)32-15-18/h3-6,9-12,15,21-22,24,26-28,33,35H,7-8,13-14,16H2,1-2H3/t21-,22-,24-,26+,27+,28?,29-,30-,31+/m0/s1. The van der Waals surface area contributed by atoms with Gasteiger partial charge in [0.25, 0.3) is 0 Å². The van der Waals surface area contributed by atoms with Crippen molar-refractivity contribution in [2.24, 2.45) is 28.6 Å². The van der Waals surface area contributed by atoms with E-state index < -0.39 is 41.5 Å². The molecule has 1 aromatic heterocycles. The molecule has 38 heavy (non-hydrogen) atoms. The highest BCUT2D eigenvalue weighted by atomic mass is 16.7. The lowest BCUT2D eigenvalue weighted by atomic mass is 9.46. The van der Waals surface area contributed by atoms with Crippen LogP contribution in [0.15, 0.2) is 60.3 Å². The third-order valence-corrected chi connectivity index (χ3v) is 10.7. The van der Waals surface area contributed by atoms with Crippen molar-refractivity contribution in [2.45, 2.75) is 63.6 Å². The van der Waals surface area contributed by atoms with Gasteiger partial charge in [0.15, 0.2) is 23.5 Å². The number of benzene rings is 1. The lowest BCUT2D eigenvalue weighted by Gasteiger charge is -2.59. The number of aliphatic hydroxyl groups excluding tert-OH is 2. The fourth-order valence-electron chi connectivity index (χ4n) is 9.05. The average Bonchev–Trinajstić information content (AvgIpc) is 3.41. The number of carbonyl (C=O) groups is 2. The minimum absolute atomic E-state index is 0.00461. The van der Waals surface area contributed by atoms with Gasteiger partial charge in [-0.1, -0.05) is 43.7 Å². The maximum Gasteiger partial charge on any atom is 0.193 e. The van der Waals surface area contributed by atoms with Crippen molar-refractivity contribution < 1.29 is 29.3 Å². The Kier molecular flexibility index (Phi) is 5.22. The van der Waals surface area contributed by atoms with Crippen molar-refractivity contribution >= 4 is 22.5 Å². The van der Waals surface area contributed by atoms with Gasteiger partial charge in [-0.05, 0) is 61.8 Å². The lowest BCUT2D eigenvalue weighted by molar-refractivity contribution is -0.201. The summed E-state index contributed by atoms with van der Waals surface area (Å²) in [7, 11) is 0. The summed E-state index contributed by atoms with van der Waals surface area (Å²) in [5, 5.41) is 22.9. The van der Waals surface area contributed by atoms with Crippen LogP contribution in [0.5, 0.6) is 0 Å². The largest absolute Gasteiger partial charge is 0.393 e. The predicted molar refractivity (Wildman–Crippen MR) is 139 cm³/mol. The van der Waals surface area contributed by atoms with Gasteiger partial charge in [-0.25, -0.2) is 0 Å². The molecule has 4 aliphatic carbocycles. The molecule has 4 fully saturated rings. The van der Waals surface area contributed by atoms with Crippen LogP contribution in [0, 0.1) is 28.6 Å². The van der Waals surface area contributed by atoms with Crippen LogP contribution in [-0.2, 0) is 19.1 Å². The SMILES string of the molecule is C[C@]12C=CC(=O)C=C1CC[C@@H]1[C@@H]2[C@@H](O)C[C@@]2(C)[C@H]1C[C@H]1OC(c3cnc4ccccc4c3)O[C@]12C(=O)CO. The van der Waals surface area contributed by atoms with Crippen molar-refractivity contribution in [3.8, 4) is 0 Å². The molecule has 1 saturated heterocycles. The van der Waals surface area contributed by atoms with Gasteiger partial charge in [0.2, 0.25) is 0 Å². The molecule has 2 heterocycles. The van der Waals surface area contributed by atoms with E-state index in [2.05, 4.69) is 11.9 Å². The molecule has 1 aromatic carbocycles. The highest BCUT2D eigenvalue weighted by Crippen LogP contribution is 2.70. The molecule has 5 aliphatic rings. The number of Topliss-reactive ketones (excluding diaryl/α,β-unsaturated/α-hetero) is 1. The smallest absolute Gasteiger partial charge is 0.193 e. The van der Waals surface area contributed by atoms with E-state index in [0.29, 0.717) is 12.8 Å². The maximum absolute atomic E-state index is 13.7. The second-order valence-corrected chi connectivity index (χ2v) is 12.3. The van der Waals surface area contributed by atoms with Crippen LogP contribution in [0.4, 0.5) is 0 Å². The fourth-order valence-corrected chi connectivity index (χ4v) is 9.05. The molecule has 3 saturated carbocycles.